The van der Waals surface area contributed by atoms with Crippen molar-refractivity contribution < 1.29 is 13.2 Å². The van der Waals surface area contributed by atoms with Crippen LogP contribution in [-0.2, 0) is 6.42 Å². The van der Waals surface area contributed by atoms with E-state index in [-0.39, 0.29) is 34.5 Å². The molecule has 0 saturated heterocycles. The number of pyridine rings is 1. The van der Waals surface area contributed by atoms with E-state index in [4.69, 9.17) is 23.2 Å². The molecule has 21 heavy (non-hydrogen) atoms. The molecular weight excluding hydrogens is 328 g/mol. The van der Waals surface area contributed by atoms with Crippen LogP contribution in [0.15, 0.2) is 18.6 Å². The highest BCUT2D eigenvalue weighted by Crippen LogP contribution is 2.29. The summed E-state index contributed by atoms with van der Waals surface area (Å²) in [6, 6.07) is 1.15. The molecular formula is C12H9Cl2F3N4. The Morgan fingerprint density at radius 1 is 1.19 bits per heavy atom. The molecule has 0 saturated carbocycles. The van der Waals surface area contributed by atoms with Gasteiger partial charge in [0.05, 0.1) is 10.7 Å². The van der Waals surface area contributed by atoms with E-state index in [0.717, 1.165) is 12.4 Å². The Kier molecular flexibility index (Phi) is 5.19. The first-order valence-electron chi connectivity index (χ1n) is 5.81. The van der Waals surface area contributed by atoms with Gasteiger partial charge < -0.3 is 5.32 Å². The molecule has 0 aliphatic heterocycles. The van der Waals surface area contributed by atoms with Gasteiger partial charge in [-0.05, 0) is 6.07 Å². The summed E-state index contributed by atoms with van der Waals surface area (Å²) in [5, 5.41) is 2.69. The van der Waals surface area contributed by atoms with Gasteiger partial charge in [0.15, 0.2) is 0 Å². The van der Waals surface area contributed by atoms with Gasteiger partial charge in [0, 0.05) is 19.2 Å². The highest BCUT2D eigenvalue weighted by molar-refractivity contribution is 6.33. The number of hydrogen-bond donors (Lipinski definition) is 1. The van der Waals surface area contributed by atoms with Gasteiger partial charge in [-0.3, -0.25) is 4.98 Å². The monoisotopic (exact) mass is 336 g/mol. The van der Waals surface area contributed by atoms with E-state index in [1.807, 2.05) is 0 Å². The van der Waals surface area contributed by atoms with Crippen molar-refractivity contribution in [2.24, 2.45) is 0 Å². The van der Waals surface area contributed by atoms with E-state index >= 15 is 0 Å². The highest BCUT2D eigenvalue weighted by atomic mass is 35.5. The van der Waals surface area contributed by atoms with Crippen LogP contribution in [0.1, 0.15) is 17.8 Å². The first-order chi connectivity index (χ1) is 9.99. The third-order valence-electron chi connectivity index (χ3n) is 2.56. The zero-order valence-corrected chi connectivity index (χ0v) is 12.0. The van der Waals surface area contributed by atoms with Crippen LogP contribution in [0.25, 0.3) is 0 Å². The molecule has 0 unspecified atom stereocenters. The second-order valence-corrected chi connectivity index (χ2v) is 4.80. The fourth-order valence-electron chi connectivity index (χ4n) is 1.58. The van der Waals surface area contributed by atoms with Gasteiger partial charge in [-0.25, -0.2) is 23.1 Å². The minimum atomic E-state index is -2.79. The van der Waals surface area contributed by atoms with Crippen LogP contribution >= 0.6 is 23.2 Å². The number of hydrogen-bond acceptors (Lipinski definition) is 4. The second-order valence-electron chi connectivity index (χ2n) is 3.98. The van der Waals surface area contributed by atoms with E-state index in [1.165, 1.54) is 6.20 Å². The molecule has 0 radical (unpaired) electrons. The number of aromatic nitrogens is 3. The molecule has 2 aromatic heterocycles. The van der Waals surface area contributed by atoms with Gasteiger partial charge in [-0.2, -0.15) is 0 Å². The molecule has 4 nitrogen and oxygen atoms in total. The van der Waals surface area contributed by atoms with Crippen molar-refractivity contribution in [3.05, 3.63) is 45.8 Å². The van der Waals surface area contributed by atoms with Crippen molar-refractivity contribution >= 4 is 29.0 Å². The van der Waals surface area contributed by atoms with E-state index in [1.54, 1.807) is 0 Å². The molecule has 9 heteroatoms. The topological polar surface area (TPSA) is 50.7 Å². The maximum absolute atomic E-state index is 13.5. The van der Waals surface area contributed by atoms with Crippen LogP contribution in [-0.4, -0.2) is 21.5 Å². The lowest BCUT2D eigenvalue weighted by Gasteiger charge is -2.09. The summed E-state index contributed by atoms with van der Waals surface area (Å²) in [4.78, 5) is 11.0. The number of nitrogens with one attached hydrogen (secondary N) is 1. The molecule has 0 spiro atoms. The zero-order valence-electron chi connectivity index (χ0n) is 10.5. The normalized spacial score (nSPS) is 11.0. The van der Waals surface area contributed by atoms with Gasteiger partial charge in [0.2, 0.25) is 0 Å². The molecule has 1 N–H and O–H groups in total. The van der Waals surface area contributed by atoms with Crippen molar-refractivity contribution in [2.45, 2.75) is 12.8 Å². The molecule has 0 atom stereocenters. The lowest BCUT2D eigenvalue weighted by molar-refractivity contribution is 0.146. The van der Waals surface area contributed by atoms with Crippen molar-refractivity contribution in [3.8, 4) is 0 Å². The lowest BCUT2D eigenvalue weighted by atomic mass is 10.2. The Morgan fingerprint density at radius 2 is 1.95 bits per heavy atom. The fraction of sp³-hybridized carbons (Fsp3) is 0.250. The number of nitrogens with zero attached hydrogens (tertiary/aromatic N) is 3. The van der Waals surface area contributed by atoms with E-state index in [0.29, 0.717) is 0 Å². The fourth-order valence-corrected chi connectivity index (χ4v) is 1.98. The van der Waals surface area contributed by atoms with Gasteiger partial charge >= 0.3 is 0 Å². The van der Waals surface area contributed by atoms with E-state index < -0.39 is 17.9 Å². The third-order valence-corrected chi connectivity index (χ3v) is 3.14. The smallest absolute Gasteiger partial charge is 0.282 e. The summed E-state index contributed by atoms with van der Waals surface area (Å²) in [6.45, 7) is 0.213. The molecule has 0 aliphatic rings. The summed E-state index contributed by atoms with van der Waals surface area (Å²) in [7, 11) is 0. The average molecular weight is 337 g/mol. The number of rotatable bonds is 5. The summed E-state index contributed by atoms with van der Waals surface area (Å²) < 4.78 is 38.7. The summed E-state index contributed by atoms with van der Waals surface area (Å²) in [5.74, 6) is -0.470. The largest absolute Gasteiger partial charge is 0.368 e. The minimum Gasteiger partial charge on any atom is -0.368 e. The maximum Gasteiger partial charge on any atom is 0.282 e. The summed E-state index contributed by atoms with van der Waals surface area (Å²) in [5.41, 5.74) is -0.351. The Bertz CT molecular complexity index is 640. The van der Waals surface area contributed by atoms with E-state index in [9.17, 15) is 13.2 Å². The van der Waals surface area contributed by atoms with Crippen LogP contribution in [0.5, 0.6) is 0 Å². The third kappa shape index (κ3) is 3.95. The SMILES string of the molecule is Fc1cc(Cl)cnc1CCNc1ncnc(C(F)F)c1Cl. The van der Waals surface area contributed by atoms with Crippen LogP contribution in [0, 0.1) is 5.82 Å². The van der Waals surface area contributed by atoms with Crippen molar-refractivity contribution in [1.82, 2.24) is 15.0 Å². The Hall–Kier alpha value is -1.60. The molecule has 2 heterocycles. The average Bonchev–Trinajstić information content (AvgIpc) is 2.42. The van der Waals surface area contributed by atoms with Gasteiger partial charge in [-0.15, -0.1) is 0 Å². The molecule has 2 rings (SSSR count). The molecule has 0 bridgehead atoms. The Labute approximate surface area is 128 Å². The van der Waals surface area contributed by atoms with Crippen LogP contribution in [0.4, 0.5) is 19.0 Å². The number of anilines is 1. The van der Waals surface area contributed by atoms with Crippen molar-refractivity contribution in [1.29, 1.82) is 0 Å². The standard InChI is InChI=1S/C12H9Cl2F3N4/c13-6-3-7(15)8(19-4-6)1-2-18-12-9(14)10(11(16)17)20-5-21-12/h3-5,11H,1-2H2,(H,18,20,21). The Morgan fingerprint density at radius 3 is 2.62 bits per heavy atom. The molecule has 0 aromatic carbocycles. The predicted octanol–water partition coefficient (Wildman–Crippen LogP) is 3.91. The second kappa shape index (κ2) is 6.91. The summed E-state index contributed by atoms with van der Waals surface area (Å²) in [6.07, 6.45) is -0.270. The van der Waals surface area contributed by atoms with Crippen molar-refractivity contribution in [3.63, 3.8) is 0 Å². The summed E-state index contributed by atoms with van der Waals surface area (Å²) >= 11 is 11.4. The molecule has 0 aliphatic carbocycles. The number of alkyl halides is 2. The van der Waals surface area contributed by atoms with Crippen LogP contribution < -0.4 is 5.32 Å². The molecule has 112 valence electrons. The number of halogens is 5. The Balaban J connectivity index is 2.02. The zero-order chi connectivity index (χ0) is 15.4. The van der Waals surface area contributed by atoms with Crippen LogP contribution in [0.2, 0.25) is 10.0 Å². The molecule has 0 amide bonds. The van der Waals surface area contributed by atoms with Crippen molar-refractivity contribution in [2.75, 3.05) is 11.9 Å². The van der Waals surface area contributed by atoms with Gasteiger partial charge in [0.25, 0.3) is 6.43 Å². The van der Waals surface area contributed by atoms with Crippen LogP contribution in [0.3, 0.4) is 0 Å². The minimum absolute atomic E-state index is 0.0661. The van der Waals surface area contributed by atoms with Gasteiger partial charge in [0.1, 0.15) is 28.7 Å². The quantitative estimate of drug-likeness (QED) is 0.899. The molecule has 2 aromatic rings. The predicted molar refractivity (Wildman–Crippen MR) is 73.4 cm³/mol. The lowest BCUT2D eigenvalue weighted by Crippen LogP contribution is -2.10. The highest BCUT2D eigenvalue weighted by Gasteiger charge is 2.17. The molecule has 0 fully saturated rings. The van der Waals surface area contributed by atoms with Gasteiger partial charge in [-0.1, -0.05) is 23.2 Å². The first kappa shape index (κ1) is 15.8. The van der Waals surface area contributed by atoms with E-state index in [2.05, 4.69) is 20.3 Å². The first-order valence-corrected chi connectivity index (χ1v) is 6.57. The maximum atomic E-state index is 13.5.